The van der Waals surface area contributed by atoms with E-state index in [0.717, 1.165) is 0 Å². The number of halogens is 3. The Labute approximate surface area is 95.6 Å². The molecule has 0 heterocycles. The molecule has 0 radical (unpaired) electrons. The molecule has 0 aromatic heterocycles. The summed E-state index contributed by atoms with van der Waals surface area (Å²) in [5.41, 5.74) is 5.79. The molecule has 15 heavy (non-hydrogen) atoms. The first kappa shape index (κ1) is 12.2. The van der Waals surface area contributed by atoms with Gasteiger partial charge in [0, 0.05) is 0 Å². The van der Waals surface area contributed by atoms with Crippen molar-refractivity contribution in [3.05, 3.63) is 33.6 Å². The Bertz CT molecular complexity index is 375. The molecule has 1 rings (SSSR count). The van der Waals surface area contributed by atoms with Crippen LogP contribution >= 0.6 is 23.2 Å². The zero-order valence-corrected chi connectivity index (χ0v) is 9.02. The Balaban J connectivity index is 2.92. The Morgan fingerprint density at radius 3 is 2.33 bits per heavy atom. The molecular weight excluding hydrogens is 244 g/mol. The van der Waals surface area contributed by atoms with E-state index in [0.29, 0.717) is 5.56 Å². The van der Waals surface area contributed by atoms with Crippen LogP contribution < -0.4 is 5.73 Å². The standard InChI is InChI=1S/C9H8Cl2FNO2/c10-5-1-4(2-6(11)8(5)12)3-7(13)9(14)15/h1-2,7H,3,13H2,(H,14,15)/t7-/m0/s1. The van der Waals surface area contributed by atoms with Gasteiger partial charge in [0.05, 0.1) is 10.0 Å². The van der Waals surface area contributed by atoms with Crippen LogP contribution in [0.2, 0.25) is 10.0 Å². The summed E-state index contributed by atoms with van der Waals surface area (Å²) in [7, 11) is 0. The van der Waals surface area contributed by atoms with Gasteiger partial charge in [0.2, 0.25) is 0 Å². The number of hydrogen-bond donors (Lipinski definition) is 2. The molecule has 0 unspecified atom stereocenters. The van der Waals surface area contributed by atoms with Gasteiger partial charge in [-0.2, -0.15) is 0 Å². The summed E-state index contributed by atoms with van der Waals surface area (Å²) >= 11 is 11.1. The average Bonchev–Trinajstić information content (AvgIpc) is 2.13. The quantitative estimate of drug-likeness (QED) is 0.809. The average molecular weight is 252 g/mol. The predicted molar refractivity (Wildman–Crippen MR) is 55.7 cm³/mol. The summed E-state index contributed by atoms with van der Waals surface area (Å²) in [5, 5.41) is 8.28. The first-order valence-corrected chi connectivity index (χ1v) is 4.79. The van der Waals surface area contributed by atoms with Gasteiger partial charge in [-0.25, -0.2) is 4.39 Å². The highest BCUT2D eigenvalue weighted by molar-refractivity contribution is 6.35. The summed E-state index contributed by atoms with van der Waals surface area (Å²) < 4.78 is 13.0. The number of hydrogen-bond acceptors (Lipinski definition) is 2. The van der Waals surface area contributed by atoms with E-state index in [9.17, 15) is 9.18 Å². The normalized spacial score (nSPS) is 12.5. The van der Waals surface area contributed by atoms with Crippen LogP contribution in [0.4, 0.5) is 4.39 Å². The van der Waals surface area contributed by atoms with Gasteiger partial charge in [-0.05, 0) is 24.1 Å². The van der Waals surface area contributed by atoms with E-state index in [1.165, 1.54) is 12.1 Å². The lowest BCUT2D eigenvalue weighted by atomic mass is 10.1. The molecule has 0 bridgehead atoms. The van der Waals surface area contributed by atoms with Crippen LogP contribution in [-0.4, -0.2) is 17.1 Å². The summed E-state index contributed by atoms with van der Waals surface area (Å²) in [6.07, 6.45) is 0.0506. The number of nitrogens with two attached hydrogens (primary N) is 1. The van der Waals surface area contributed by atoms with Crippen molar-refractivity contribution < 1.29 is 14.3 Å². The van der Waals surface area contributed by atoms with Gasteiger partial charge in [-0.1, -0.05) is 23.2 Å². The van der Waals surface area contributed by atoms with Crippen LogP contribution in [0.5, 0.6) is 0 Å². The maximum Gasteiger partial charge on any atom is 0.320 e. The third-order valence-electron chi connectivity index (χ3n) is 1.82. The number of rotatable bonds is 3. The van der Waals surface area contributed by atoms with Crippen LogP contribution in [0.25, 0.3) is 0 Å². The number of benzene rings is 1. The topological polar surface area (TPSA) is 63.3 Å². The first-order valence-electron chi connectivity index (χ1n) is 4.03. The third kappa shape index (κ3) is 3.06. The second kappa shape index (κ2) is 4.79. The van der Waals surface area contributed by atoms with E-state index >= 15 is 0 Å². The summed E-state index contributed by atoms with van der Waals surface area (Å²) in [6.45, 7) is 0. The van der Waals surface area contributed by atoms with Gasteiger partial charge in [0.15, 0.2) is 5.82 Å². The Morgan fingerprint density at radius 2 is 1.93 bits per heavy atom. The van der Waals surface area contributed by atoms with Crippen LogP contribution in [0.3, 0.4) is 0 Å². The summed E-state index contributed by atoms with van der Waals surface area (Å²) in [4.78, 5) is 10.5. The molecule has 0 aliphatic heterocycles. The zero-order chi connectivity index (χ0) is 11.6. The molecular formula is C9H8Cl2FNO2. The second-order valence-corrected chi connectivity index (χ2v) is 3.84. The molecule has 0 saturated carbocycles. The molecule has 1 aromatic carbocycles. The van der Waals surface area contributed by atoms with Crippen LogP contribution in [0.15, 0.2) is 12.1 Å². The number of aliphatic carboxylic acids is 1. The lowest BCUT2D eigenvalue weighted by Gasteiger charge is -2.07. The second-order valence-electron chi connectivity index (χ2n) is 3.02. The molecule has 1 aromatic rings. The highest BCUT2D eigenvalue weighted by atomic mass is 35.5. The number of carboxylic acid groups (broad SMARTS) is 1. The van der Waals surface area contributed by atoms with Gasteiger partial charge in [0.1, 0.15) is 6.04 Å². The van der Waals surface area contributed by atoms with Crippen LogP contribution in [-0.2, 0) is 11.2 Å². The van der Waals surface area contributed by atoms with Crippen molar-refractivity contribution in [2.24, 2.45) is 5.73 Å². The molecule has 6 heteroatoms. The number of carboxylic acids is 1. The molecule has 3 nitrogen and oxygen atoms in total. The minimum Gasteiger partial charge on any atom is -0.480 e. The minimum absolute atomic E-state index is 0.0506. The summed E-state index contributed by atoms with van der Waals surface area (Å²) in [6, 6.07) is 1.57. The molecule has 0 spiro atoms. The molecule has 82 valence electrons. The van der Waals surface area contributed by atoms with Crippen molar-refractivity contribution in [2.75, 3.05) is 0 Å². The maximum atomic E-state index is 13.0. The van der Waals surface area contributed by atoms with Crippen molar-refractivity contribution in [1.82, 2.24) is 0 Å². The largest absolute Gasteiger partial charge is 0.480 e. The Morgan fingerprint density at radius 1 is 1.47 bits per heavy atom. The van der Waals surface area contributed by atoms with E-state index < -0.39 is 17.8 Å². The SMILES string of the molecule is N[C@@H](Cc1cc(Cl)c(F)c(Cl)c1)C(=O)O. The first-order chi connectivity index (χ1) is 6.91. The summed E-state index contributed by atoms with van der Waals surface area (Å²) in [5.74, 6) is -1.85. The van der Waals surface area contributed by atoms with Gasteiger partial charge >= 0.3 is 5.97 Å². The fourth-order valence-electron chi connectivity index (χ4n) is 1.07. The molecule has 0 aliphatic carbocycles. The third-order valence-corrected chi connectivity index (χ3v) is 2.37. The lowest BCUT2D eigenvalue weighted by Crippen LogP contribution is -2.32. The Kier molecular flexibility index (Phi) is 3.90. The zero-order valence-electron chi connectivity index (χ0n) is 7.51. The highest BCUT2D eigenvalue weighted by Gasteiger charge is 2.14. The van der Waals surface area contributed by atoms with Crippen molar-refractivity contribution in [3.63, 3.8) is 0 Å². The van der Waals surface area contributed by atoms with Crippen molar-refractivity contribution in [3.8, 4) is 0 Å². The molecule has 0 amide bonds. The Hall–Kier alpha value is -0.840. The monoisotopic (exact) mass is 251 g/mol. The van der Waals surface area contributed by atoms with Crippen LogP contribution in [0, 0.1) is 5.82 Å². The van der Waals surface area contributed by atoms with E-state index in [-0.39, 0.29) is 16.5 Å². The van der Waals surface area contributed by atoms with Crippen molar-refractivity contribution in [2.45, 2.75) is 12.5 Å². The molecule has 0 aliphatic rings. The van der Waals surface area contributed by atoms with Gasteiger partial charge in [-0.3, -0.25) is 4.79 Å². The van der Waals surface area contributed by atoms with E-state index in [1.807, 2.05) is 0 Å². The molecule has 1 atom stereocenters. The minimum atomic E-state index is -1.13. The maximum absolute atomic E-state index is 13.0. The highest BCUT2D eigenvalue weighted by Crippen LogP contribution is 2.25. The molecule has 0 fully saturated rings. The smallest absolute Gasteiger partial charge is 0.320 e. The van der Waals surface area contributed by atoms with Crippen molar-refractivity contribution >= 4 is 29.2 Å². The van der Waals surface area contributed by atoms with Crippen molar-refractivity contribution in [1.29, 1.82) is 0 Å². The van der Waals surface area contributed by atoms with Gasteiger partial charge < -0.3 is 10.8 Å². The van der Waals surface area contributed by atoms with E-state index in [1.54, 1.807) is 0 Å². The predicted octanol–water partition coefficient (Wildman–Crippen LogP) is 2.09. The fourth-order valence-corrected chi connectivity index (χ4v) is 1.60. The lowest BCUT2D eigenvalue weighted by molar-refractivity contribution is -0.138. The van der Waals surface area contributed by atoms with Gasteiger partial charge in [0.25, 0.3) is 0 Å². The fraction of sp³-hybridized carbons (Fsp3) is 0.222. The van der Waals surface area contributed by atoms with Gasteiger partial charge in [-0.15, -0.1) is 0 Å². The van der Waals surface area contributed by atoms with Crippen LogP contribution in [0.1, 0.15) is 5.56 Å². The van der Waals surface area contributed by atoms with E-state index in [2.05, 4.69) is 0 Å². The van der Waals surface area contributed by atoms with E-state index in [4.69, 9.17) is 34.0 Å². The number of carbonyl (C=O) groups is 1. The molecule has 0 saturated heterocycles. The molecule has 3 N–H and O–H groups in total.